The smallest absolute Gasteiger partial charge is 0.0202 e. The molecular formula is C16H24N2. The number of nitrogens with two attached hydrogens (primary N) is 1. The first-order valence-corrected chi connectivity index (χ1v) is 6.91. The molecule has 2 rings (SSSR count). The van der Waals surface area contributed by atoms with E-state index in [0.717, 1.165) is 18.0 Å². The maximum atomic E-state index is 5.59. The molecule has 0 spiro atoms. The van der Waals surface area contributed by atoms with Crippen LogP contribution in [-0.2, 0) is 6.42 Å². The van der Waals surface area contributed by atoms with E-state index in [-0.39, 0.29) is 0 Å². The number of rotatable bonds is 5. The van der Waals surface area contributed by atoms with E-state index in [1.807, 2.05) is 0 Å². The summed E-state index contributed by atoms with van der Waals surface area (Å²) in [6.07, 6.45) is 3.83. The summed E-state index contributed by atoms with van der Waals surface area (Å²) in [7, 11) is 0. The van der Waals surface area contributed by atoms with Gasteiger partial charge in [0.25, 0.3) is 0 Å². The quantitative estimate of drug-likeness (QED) is 0.806. The fourth-order valence-corrected chi connectivity index (χ4v) is 2.68. The van der Waals surface area contributed by atoms with E-state index in [0.29, 0.717) is 6.54 Å². The molecule has 0 aromatic heterocycles. The molecule has 2 heteroatoms. The number of benzene rings is 1. The molecular weight excluding hydrogens is 220 g/mol. The normalized spacial score (nSPS) is 17.8. The van der Waals surface area contributed by atoms with Gasteiger partial charge in [0, 0.05) is 13.1 Å². The standard InChI is InChI=1S/C16H24N2/c1-14(12-17)13-18-9-7-16(8-10-18)11-15-5-3-2-4-6-15/h2-6,16H,1,7-13,17H2. The van der Waals surface area contributed by atoms with E-state index in [1.165, 1.54) is 37.9 Å². The molecule has 1 aromatic rings. The van der Waals surface area contributed by atoms with E-state index < -0.39 is 0 Å². The minimum absolute atomic E-state index is 0.615. The molecule has 18 heavy (non-hydrogen) atoms. The van der Waals surface area contributed by atoms with Crippen LogP contribution in [0.25, 0.3) is 0 Å². The first-order chi connectivity index (χ1) is 8.78. The highest BCUT2D eigenvalue weighted by atomic mass is 15.1. The van der Waals surface area contributed by atoms with Crippen LogP contribution in [0.4, 0.5) is 0 Å². The third-order valence-corrected chi connectivity index (χ3v) is 3.81. The molecule has 1 saturated heterocycles. The van der Waals surface area contributed by atoms with Crippen molar-refractivity contribution in [2.24, 2.45) is 11.7 Å². The first kappa shape index (κ1) is 13.3. The van der Waals surface area contributed by atoms with Crippen molar-refractivity contribution in [3.05, 3.63) is 48.0 Å². The zero-order chi connectivity index (χ0) is 12.8. The van der Waals surface area contributed by atoms with Gasteiger partial charge in [-0.05, 0) is 49.4 Å². The molecule has 1 aliphatic heterocycles. The van der Waals surface area contributed by atoms with Crippen LogP contribution in [0, 0.1) is 5.92 Å². The molecule has 0 amide bonds. The van der Waals surface area contributed by atoms with Gasteiger partial charge in [-0.1, -0.05) is 36.9 Å². The van der Waals surface area contributed by atoms with Crippen LogP contribution in [0.15, 0.2) is 42.5 Å². The lowest BCUT2D eigenvalue weighted by molar-refractivity contribution is 0.196. The van der Waals surface area contributed by atoms with Gasteiger partial charge in [-0.2, -0.15) is 0 Å². The third kappa shape index (κ3) is 3.97. The van der Waals surface area contributed by atoms with Gasteiger partial charge in [-0.25, -0.2) is 0 Å². The van der Waals surface area contributed by atoms with E-state index in [9.17, 15) is 0 Å². The summed E-state index contributed by atoms with van der Waals surface area (Å²) in [4.78, 5) is 2.48. The van der Waals surface area contributed by atoms with Crippen molar-refractivity contribution < 1.29 is 0 Å². The number of hydrogen-bond donors (Lipinski definition) is 1. The summed E-state index contributed by atoms with van der Waals surface area (Å²) in [5.41, 5.74) is 8.22. The van der Waals surface area contributed by atoms with Crippen LogP contribution in [0.2, 0.25) is 0 Å². The molecule has 0 unspecified atom stereocenters. The van der Waals surface area contributed by atoms with Crippen molar-refractivity contribution >= 4 is 0 Å². The minimum Gasteiger partial charge on any atom is -0.327 e. The summed E-state index contributed by atoms with van der Waals surface area (Å²) in [5, 5.41) is 0. The van der Waals surface area contributed by atoms with Crippen molar-refractivity contribution in [3.8, 4) is 0 Å². The Morgan fingerprint density at radius 2 is 1.89 bits per heavy atom. The average Bonchev–Trinajstić information content (AvgIpc) is 2.42. The molecule has 1 aliphatic rings. The van der Waals surface area contributed by atoms with E-state index in [4.69, 9.17) is 5.73 Å². The van der Waals surface area contributed by atoms with Crippen LogP contribution in [-0.4, -0.2) is 31.1 Å². The van der Waals surface area contributed by atoms with Crippen LogP contribution in [0.3, 0.4) is 0 Å². The Morgan fingerprint density at radius 1 is 1.22 bits per heavy atom. The van der Waals surface area contributed by atoms with Gasteiger partial charge in [-0.15, -0.1) is 0 Å². The largest absolute Gasteiger partial charge is 0.327 e. The van der Waals surface area contributed by atoms with Crippen LogP contribution >= 0.6 is 0 Å². The van der Waals surface area contributed by atoms with Crippen LogP contribution < -0.4 is 5.73 Å². The van der Waals surface area contributed by atoms with Gasteiger partial charge in [0.05, 0.1) is 0 Å². The molecule has 1 fully saturated rings. The van der Waals surface area contributed by atoms with Crippen molar-refractivity contribution in [2.75, 3.05) is 26.2 Å². The van der Waals surface area contributed by atoms with Crippen molar-refractivity contribution in [3.63, 3.8) is 0 Å². The Hall–Kier alpha value is -1.12. The second-order valence-electron chi connectivity index (χ2n) is 5.36. The van der Waals surface area contributed by atoms with Gasteiger partial charge in [0.2, 0.25) is 0 Å². The molecule has 1 aromatic carbocycles. The second kappa shape index (κ2) is 6.72. The van der Waals surface area contributed by atoms with Crippen LogP contribution in [0.5, 0.6) is 0 Å². The van der Waals surface area contributed by atoms with Crippen molar-refractivity contribution in [1.29, 1.82) is 0 Å². The first-order valence-electron chi connectivity index (χ1n) is 6.91. The number of nitrogens with zero attached hydrogens (tertiary/aromatic N) is 1. The highest BCUT2D eigenvalue weighted by molar-refractivity contribution is 5.15. The Morgan fingerprint density at radius 3 is 2.50 bits per heavy atom. The summed E-state index contributed by atoms with van der Waals surface area (Å²) in [6.45, 7) is 7.97. The Balaban J connectivity index is 1.75. The van der Waals surface area contributed by atoms with Gasteiger partial charge < -0.3 is 5.73 Å². The van der Waals surface area contributed by atoms with Gasteiger partial charge in [0.1, 0.15) is 0 Å². The fraction of sp³-hybridized carbons (Fsp3) is 0.500. The van der Waals surface area contributed by atoms with E-state index in [1.54, 1.807) is 0 Å². The predicted octanol–water partition coefficient (Wildman–Crippen LogP) is 2.46. The highest BCUT2D eigenvalue weighted by Gasteiger charge is 2.19. The fourth-order valence-electron chi connectivity index (χ4n) is 2.68. The summed E-state index contributed by atoms with van der Waals surface area (Å²) < 4.78 is 0. The maximum Gasteiger partial charge on any atom is 0.0202 e. The maximum absolute atomic E-state index is 5.59. The predicted molar refractivity (Wildman–Crippen MR) is 77.5 cm³/mol. The highest BCUT2D eigenvalue weighted by Crippen LogP contribution is 2.21. The molecule has 0 bridgehead atoms. The van der Waals surface area contributed by atoms with Gasteiger partial charge in [-0.3, -0.25) is 4.90 Å². The SMILES string of the molecule is C=C(CN)CN1CCC(Cc2ccccc2)CC1. The molecule has 2 nitrogen and oxygen atoms in total. The monoisotopic (exact) mass is 244 g/mol. The minimum atomic E-state index is 0.615. The van der Waals surface area contributed by atoms with Crippen molar-refractivity contribution in [2.45, 2.75) is 19.3 Å². The topological polar surface area (TPSA) is 29.3 Å². The average molecular weight is 244 g/mol. The molecule has 1 heterocycles. The summed E-state index contributed by atoms with van der Waals surface area (Å²) in [5.74, 6) is 0.842. The summed E-state index contributed by atoms with van der Waals surface area (Å²) in [6, 6.07) is 10.8. The third-order valence-electron chi connectivity index (χ3n) is 3.81. The number of hydrogen-bond acceptors (Lipinski definition) is 2. The molecule has 98 valence electrons. The Kier molecular flexibility index (Phi) is 4.97. The van der Waals surface area contributed by atoms with E-state index >= 15 is 0 Å². The lowest BCUT2D eigenvalue weighted by atomic mass is 9.90. The second-order valence-corrected chi connectivity index (χ2v) is 5.36. The Labute approximate surface area is 110 Å². The lowest BCUT2D eigenvalue weighted by Gasteiger charge is -2.32. The van der Waals surface area contributed by atoms with Crippen LogP contribution in [0.1, 0.15) is 18.4 Å². The Bertz CT molecular complexity index is 364. The molecule has 0 saturated carbocycles. The van der Waals surface area contributed by atoms with Gasteiger partial charge in [0.15, 0.2) is 0 Å². The number of piperidine rings is 1. The van der Waals surface area contributed by atoms with E-state index in [2.05, 4.69) is 41.8 Å². The van der Waals surface area contributed by atoms with Gasteiger partial charge >= 0.3 is 0 Å². The molecule has 0 aliphatic carbocycles. The summed E-state index contributed by atoms with van der Waals surface area (Å²) >= 11 is 0. The zero-order valence-electron chi connectivity index (χ0n) is 11.1. The lowest BCUT2D eigenvalue weighted by Crippen LogP contribution is -2.36. The molecule has 0 radical (unpaired) electrons. The van der Waals surface area contributed by atoms with Crippen molar-refractivity contribution in [1.82, 2.24) is 4.90 Å². The zero-order valence-corrected chi connectivity index (χ0v) is 11.1. The molecule has 0 atom stereocenters. The number of likely N-dealkylation sites (tertiary alicyclic amines) is 1. The molecule has 2 N–H and O–H groups in total.